The second kappa shape index (κ2) is 4.03. The van der Waals surface area contributed by atoms with Crippen LogP contribution >= 0.6 is 12.6 Å². The summed E-state index contributed by atoms with van der Waals surface area (Å²) in [7, 11) is 3.32. The number of thiol groups is 1. The third-order valence-electron chi connectivity index (χ3n) is 2.36. The van der Waals surface area contributed by atoms with Crippen LogP contribution in [0.5, 0.6) is 11.5 Å². The van der Waals surface area contributed by atoms with E-state index in [0.717, 1.165) is 27.2 Å². The maximum atomic E-state index is 5.29. The van der Waals surface area contributed by atoms with Gasteiger partial charge in [0.15, 0.2) is 0 Å². The fourth-order valence-electron chi connectivity index (χ4n) is 1.64. The Kier molecular flexibility index (Phi) is 2.73. The van der Waals surface area contributed by atoms with Gasteiger partial charge in [0.05, 0.1) is 14.2 Å². The lowest BCUT2D eigenvalue weighted by atomic mass is 10.1. The van der Waals surface area contributed by atoms with Crippen molar-refractivity contribution >= 4 is 23.4 Å². The van der Waals surface area contributed by atoms with E-state index in [0.29, 0.717) is 0 Å². The van der Waals surface area contributed by atoms with Gasteiger partial charge in [-0.3, -0.25) is 0 Å². The molecule has 0 bridgehead atoms. The van der Waals surface area contributed by atoms with Crippen molar-refractivity contribution in [1.82, 2.24) is 0 Å². The number of rotatable bonds is 2. The van der Waals surface area contributed by atoms with E-state index in [1.807, 2.05) is 30.3 Å². The molecule has 0 atom stereocenters. The Labute approximate surface area is 94.2 Å². The lowest BCUT2D eigenvalue weighted by molar-refractivity contribution is 0.410. The topological polar surface area (TPSA) is 18.5 Å². The Balaban J connectivity index is 2.80. The molecule has 0 radical (unpaired) electrons. The van der Waals surface area contributed by atoms with Gasteiger partial charge in [-0.25, -0.2) is 0 Å². The summed E-state index contributed by atoms with van der Waals surface area (Å²) in [5, 5.41) is 2.05. The van der Waals surface area contributed by atoms with Crippen LogP contribution in [0.3, 0.4) is 0 Å². The van der Waals surface area contributed by atoms with Crippen LogP contribution in [0.2, 0.25) is 0 Å². The van der Waals surface area contributed by atoms with E-state index < -0.39 is 0 Å². The van der Waals surface area contributed by atoms with Crippen LogP contribution in [0.25, 0.3) is 10.8 Å². The highest BCUT2D eigenvalue weighted by Crippen LogP contribution is 2.34. The largest absolute Gasteiger partial charge is 0.496 e. The summed E-state index contributed by atoms with van der Waals surface area (Å²) in [5.74, 6) is 1.68. The third kappa shape index (κ3) is 1.75. The molecule has 0 heterocycles. The average molecular weight is 220 g/mol. The predicted molar refractivity (Wildman–Crippen MR) is 64.3 cm³/mol. The molecule has 3 heteroatoms. The lowest BCUT2D eigenvalue weighted by Gasteiger charge is -2.09. The van der Waals surface area contributed by atoms with Crippen LogP contribution in [-0.4, -0.2) is 14.2 Å². The quantitative estimate of drug-likeness (QED) is 0.784. The van der Waals surface area contributed by atoms with E-state index in [2.05, 4.69) is 12.6 Å². The Hall–Kier alpha value is -1.35. The minimum absolute atomic E-state index is 0.835. The van der Waals surface area contributed by atoms with Gasteiger partial charge in [0.2, 0.25) is 0 Å². The van der Waals surface area contributed by atoms with E-state index in [1.54, 1.807) is 14.2 Å². The minimum Gasteiger partial charge on any atom is -0.496 e. The number of hydrogen-bond donors (Lipinski definition) is 1. The summed E-state index contributed by atoms with van der Waals surface area (Å²) >= 11 is 4.31. The average Bonchev–Trinajstić information content (AvgIpc) is 2.27. The molecule has 0 aliphatic rings. The highest BCUT2D eigenvalue weighted by atomic mass is 32.1. The molecule has 0 aromatic heterocycles. The molecule has 0 amide bonds. The molecule has 15 heavy (non-hydrogen) atoms. The van der Waals surface area contributed by atoms with Crippen molar-refractivity contribution in [2.24, 2.45) is 0 Å². The van der Waals surface area contributed by atoms with Crippen LogP contribution in [0.4, 0.5) is 0 Å². The lowest BCUT2D eigenvalue weighted by Crippen LogP contribution is -1.89. The molecule has 2 rings (SSSR count). The number of ether oxygens (including phenoxy) is 2. The molecule has 0 N–H and O–H groups in total. The van der Waals surface area contributed by atoms with Crippen molar-refractivity contribution in [3.8, 4) is 11.5 Å². The van der Waals surface area contributed by atoms with Crippen LogP contribution in [0.15, 0.2) is 35.2 Å². The summed E-state index contributed by atoms with van der Waals surface area (Å²) in [6.45, 7) is 0. The maximum Gasteiger partial charge on any atom is 0.126 e. The van der Waals surface area contributed by atoms with Gasteiger partial charge in [-0.1, -0.05) is 0 Å². The van der Waals surface area contributed by atoms with Crippen LogP contribution < -0.4 is 9.47 Å². The van der Waals surface area contributed by atoms with Crippen molar-refractivity contribution in [3.05, 3.63) is 30.3 Å². The minimum atomic E-state index is 0.835. The number of fused-ring (bicyclic) bond motifs is 1. The van der Waals surface area contributed by atoms with Gasteiger partial charge in [0.25, 0.3) is 0 Å². The van der Waals surface area contributed by atoms with Gasteiger partial charge in [0, 0.05) is 15.7 Å². The number of hydrogen-bond acceptors (Lipinski definition) is 3. The van der Waals surface area contributed by atoms with Crippen LogP contribution in [0.1, 0.15) is 0 Å². The Morgan fingerprint density at radius 3 is 2.07 bits per heavy atom. The van der Waals surface area contributed by atoms with E-state index in [4.69, 9.17) is 9.47 Å². The first-order valence-corrected chi connectivity index (χ1v) is 5.04. The van der Waals surface area contributed by atoms with Gasteiger partial charge in [0.1, 0.15) is 11.5 Å². The Bertz CT molecular complexity index is 494. The van der Waals surface area contributed by atoms with Gasteiger partial charge in [-0.05, 0) is 30.3 Å². The monoisotopic (exact) mass is 220 g/mol. The number of methoxy groups -OCH3 is 2. The molecule has 0 aliphatic heterocycles. The SMILES string of the molecule is COc1ccc(OC)c2cc(S)ccc12. The standard InChI is InChI=1S/C12H12O2S/c1-13-11-5-6-12(14-2)10-7-8(15)3-4-9(10)11/h3-7,15H,1-2H3. The van der Waals surface area contributed by atoms with Crippen molar-refractivity contribution in [2.75, 3.05) is 14.2 Å². The molecule has 78 valence electrons. The molecule has 0 saturated carbocycles. The summed E-state index contributed by atoms with van der Waals surface area (Å²) in [6.07, 6.45) is 0. The molecule has 0 aliphatic carbocycles. The first-order valence-electron chi connectivity index (χ1n) is 4.60. The Morgan fingerprint density at radius 2 is 1.47 bits per heavy atom. The van der Waals surface area contributed by atoms with Crippen LogP contribution in [0, 0.1) is 0 Å². The number of benzene rings is 2. The highest BCUT2D eigenvalue weighted by Gasteiger charge is 2.06. The third-order valence-corrected chi connectivity index (χ3v) is 2.64. The molecular formula is C12H12O2S. The smallest absolute Gasteiger partial charge is 0.126 e. The fraction of sp³-hybridized carbons (Fsp3) is 0.167. The summed E-state index contributed by atoms with van der Waals surface area (Å²) < 4.78 is 10.6. The van der Waals surface area contributed by atoms with Gasteiger partial charge in [-0.15, -0.1) is 12.6 Å². The second-order valence-corrected chi connectivity index (χ2v) is 3.72. The van der Waals surface area contributed by atoms with Crippen molar-refractivity contribution < 1.29 is 9.47 Å². The first-order chi connectivity index (χ1) is 7.26. The van der Waals surface area contributed by atoms with Gasteiger partial charge in [-0.2, -0.15) is 0 Å². The fourth-order valence-corrected chi connectivity index (χ4v) is 1.84. The van der Waals surface area contributed by atoms with Crippen LogP contribution in [-0.2, 0) is 0 Å². The molecule has 2 nitrogen and oxygen atoms in total. The molecule has 0 fully saturated rings. The molecule has 0 saturated heterocycles. The van der Waals surface area contributed by atoms with Crippen molar-refractivity contribution in [2.45, 2.75) is 4.90 Å². The van der Waals surface area contributed by atoms with Crippen molar-refractivity contribution in [1.29, 1.82) is 0 Å². The summed E-state index contributed by atoms with van der Waals surface area (Å²) in [4.78, 5) is 0.911. The van der Waals surface area contributed by atoms with Gasteiger partial charge < -0.3 is 9.47 Å². The molecule has 0 spiro atoms. The van der Waals surface area contributed by atoms with Gasteiger partial charge >= 0.3 is 0 Å². The summed E-state index contributed by atoms with van der Waals surface area (Å²) in [6, 6.07) is 9.69. The normalized spacial score (nSPS) is 10.3. The maximum absolute atomic E-state index is 5.29. The van der Waals surface area contributed by atoms with E-state index in [9.17, 15) is 0 Å². The first kappa shape index (κ1) is 10.2. The zero-order valence-electron chi connectivity index (χ0n) is 8.65. The molecule has 2 aromatic carbocycles. The Morgan fingerprint density at radius 1 is 0.867 bits per heavy atom. The summed E-state index contributed by atoms with van der Waals surface area (Å²) in [5.41, 5.74) is 0. The predicted octanol–water partition coefficient (Wildman–Crippen LogP) is 3.15. The molecular weight excluding hydrogens is 208 g/mol. The van der Waals surface area contributed by atoms with Crippen molar-refractivity contribution in [3.63, 3.8) is 0 Å². The molecule has 0 unspecified atom stereocenters. The van der Waals surface area contributed by atoms with E-state index >= 15 is 0 Å². The van der Waals surface area contributed by atoms with E-state index in [1.165, 1.54) is 0 Å². The molecule has 2 aromatic rings. The zero-order chi connectivity index (χ0) is 10.8. The second-order valence-electron chi connectivity index (χ2n) is 3.20. The van der Waals surface area contributed by atoms with E-state index in [-0.39, 0.29) is 0 Å². The highest BCUT2D eigenvalue weighted by molar-refractivity contribution is 7.80. The zero-order valence-corrected chi connectivity index (χ0v) is 9.54.